The van der Waals surface area contributed by atoms with Crippen LogP contribution >= 0.6 is 0 Å². The number of carbonyl (C=O) groups is 2. The molecule has 1 amide bonds. The summed E-state index contributed by atoms with van der Waals surface area (Å²) >= 11 is 0. The van der Waals surface area contributed by atoms with Gasteiger partial charge in [0, 0.05) is 32.7 Å². The van der Waals surface area contributed by atoms with Crippen molar-refractivity contribution in [3.8, 4) is 0 Å². The predicted molar refractivity (Wildman–Crippen MR) is 114 cm³/mol. The van der Waals surface area contributed by atoms with Gasteiger partial charge in [0.25, 0.3) is 5.91 Å². The van der Waals surface area contributed by atoms with Crippen LogP contribution in [0.4, 0.5) is 17.6 Å². The third-order valence-corrected chi connectivity index (χ3v) is 5.40. The van der Waals surface area contributed by atoms with E-state index >= 15 is 0 Å². The quantitative estimate of drug-likeness (QED) is 0.381. The third kappa shape index (κ3) is 6.34. The highest BCUT2D eigenvalue weighted by Gasteiger charge is 2.34. The number of aromatic nitrogens is 2. The molecule has 0 fully saturated rings. The number of rotatable bonds is 6. The second-order valence-electron chi connectivity index (χ2n) is 7.85. The van der Waals surface area contributed by atoms with E-state index in [9.17, 15) is 27.2 Å². The van der Waals surface area contributed by atoms with Gasteiger partial charge in [0.15, 0.2) is 0 Å². The van der Waals surface area contributed by atoms with Crippen LogP contribution in [-0.4, -0.2) is 48.0 Å². The van der Waals surface area contributed by atoms with Crippen molar-refractivity contribution in [2.24, 2.45) is 0 Å². The highest BCUT2D eigenvalue weighted by molar-refractivity contribution is 5.96. The van der Waals surface area contributed by atoms with Gasteiger partial charge in [-0.1, -0.05) is 6.92 Å². The summed E-state index contributed by atoms with van der Waals surface area (Å²) in [7, 11) is 0. The Hall–Kier alpha value is -2.95. The topological polar surface area (TPSA) is 82.5 Å². The number of nitrogens with one attached hydrogen (secondary N) is 1. The number of ether oxygens (including phenoxy) is 2. The zero-order valence-electron chi connectivity index (χ0n) is 18.8. The van der Waals surface area contributed by atoms with Gasteiger partial charge in [0.1, 0.15) is 5.82 Å². The van der Waals surface area contributed by atoms with Crippen molar-refractivity contribution >= 4 is 11.9 Å². The lowest BCUT2D eigenvalue weighted by Crippen LogP contribution is -2.26. The van der Waals surface area contributed by atoms with E-state index < -0.39 is 23.5 Å². The number of benzene rings is 1. The van der Waals surface area contributed by atoms with E-state index in [-0.39, 0.29) is 18.1 Å². The minimum atomic E-state index is -4.84. The first kappa shape index (κ1) is 25.7. The smallest absolute Gasteiger partial charge is 0.419 e. The van der Waals surface area contributed by atoms with Crippen molar-refractivity contribution in [2.45, 2.75) is 51.7 Å². The molecule has 0 aliphatic carbocycles. The summed E-state index contributed by atoms with van der Waals surface area (Å²) in [6, 6.07) is 1.92. The van der Waals surface area contributed by atoms with Gasteiger partial charge >= 0.3 is 12.1 Å². The number of hydrogen-bond donors (Lipinski definition) is 1. The molecule has 0 spiro atoms. The van der Waals surface area contributed by atoms with Crippen molar-refractivity contribution in [2.75, 3.05) is 26.4 Å². The molecule has 0 saturated heterocycles. The molecule has 3 rings (SSSR count). The molecular formula is C23H27F4N3O4. The molecule has 0 unspecified atom stereocenters. The molecule has 186 valence electrons. The van der Waals surface area contributed by atoms with Crippen molar-refractivity contribution in [1.29, 1.82) is 0 Å². The van der Waals surface area contributed by atoms with Crippen LogP contribution in [0.2, 0.25) is 0 Å². The van der Waals surface area contributed by atoms with Crippen molar-refractivity contribution in [1.82, 2.24) is 15.1 Å². The summed E-state index contributed by atoms with van der Waals surface area (Å²) < 4.78 is 64.1. The molecule has 2 heterocycles. The highest BCUT2D eigenvalue weighted by atomic mass is 19.4. The summed E-state index contributed by atoms with van der Waals surface area (Å²) in [5, 5.41) is 7.47. The Labute approximate surface area is 194 Å². The first-order chi connectivity index (χ1) is 16.2. The lowest BCUT2D eigenvalue weighted by atomic mass is 10.1. The first-order valence-electron chi connectivity index (χ1n) is 11.2. The lowest BCUT2D eigenvalue weighted by Gasteiger charge is -2.11. The van der Waals surface area contributed by atoms with Crippen LogP contribution in [0.25, 0.3) is 0 Å². The van der Waals surface area contributed by atoms with Crippen molar-refractivity contribution in [3.05, 3.63) is 52.1 Å². The molecule has 34 heavy (non-hydrogen) atoms. The fraction of sp³-hybridized carbons (Fsp3) is 0.522. The molecule has 7 nitrogen and oxygen atoms in total. The predicted octanol–water partition coefficient (Wildman–Crippen LogP) is 3.93. The maximum Gasteiger partial charge on any atom is 0.419 e. The fourth-order valence-corrected chi connectivity index (χ4v) is 3.74. The molecule has 1 aromatic carbocycles. The maximum absolute atomic E-state index is 13.7. The van der Waals surface area contributed by atoms with Gasteiger partial charge in [-0.05, 0) is 43.9 Å². The standard InChI is InChI=1S/C23H27F4N3O4/c1-2-18-20-19(6-3-11-33-12-4-9-28-21(20)31)30(29-18)10-5-13-34-22(32)15-7-8-16(17(24)14-15)23(25,26)27/h7-8,14H,2-6,9-13H2,1H3,(H,28,31). The molecule has 0 bridgehead atoms. The number of fused-ring (bicyclic) bond motifs is 1. The third-order valence-electron chi connectivity index (χ3n) is 5.40. The summed E-state index contributed by atoms with van der Waals surface area (Å²) in [6.07, 6.45) is -1.86. The fourth-order valence-electron chi connectivity index (χ4n) is 3.74. The zero-order chi connectivity index (χ0) is 24.7. The van der Waals surface area contributed by atoms with E-state index in [0.29, 0.717) is 69.0 Å². The van der Waals surface area contributed by atoms with Gasteiger partial charge in [-0.2, -0.15) is 18.3 Å². The minimum absolute atomic E-state index is 0.0487. The van der Waals surface area contributed by atoms with Crippen LogP contribution in [0, 0.1) is 5.82 Å². The molecule has 11 heteroatoms. The Morgan fingerprint density at radius 2 is 2.03 bits per heavy atom. The Kier molecular flexibility index (Phi) is 8.65. The number of nitrogens with zero attached hydrogens (tertiary/aromatic N) is 2. The number of aryl methyl sites for hydroxylation is 2. The Morgan fingerprint density at radius 3 is 2.74 bits per heavy atom. The summed E-state index contributed by atoms with van der Waals surface area (Å²) in [5.74, 6) is -2.62. The summed E-state index contributed by atoms with van der Waals surface area (Å²) in [4.78, 5) is 24.9. The summed E-state index contributed by atoms with van der Waals surface area (Å²) in [5.41, 5.74) is 0.299. The normalized spacial score (nSPS) is 15.3. The van der Waals surface area contributed by atoms with Gasteiger partial charge in [-0.15, -0.1) is 0 Å². The second kappa shape index (κ2) is 11.5. The molecule has 2 aromatic rings. The van der Waals surface area contributed by atoms with E-state index in [1.807, 2.05) is 6.92 Å². The maximum atomic E-state index is 13.7. The van der Waals surface area contributed by atoms with Crippen LogP contribution < -0.4 is 5.32 Å². The minimum Gasteiger partial charge on any atom is -0.462 e. The van der Waals surface area contributed by atoms with Gasteiger partial charge in [-0.25, -0.2) is 9.18 Å². The lowest BCUT2D eigenvalue weighted by molar-refractivity contribution is -0.140. The van der Waals surface area contributed by atoms with Crippen molar-refractivity contribution in [3.63, 3.8) is 0 Å². The Balaban J connectivity index is 1.64. The number of carbonyl (C=O) groups excluding carboxylic acids is 2. The number of esters is 1. The van der Waals surface area contributed by atoms with E-state index in [1.54, 1.807) is 4.68 Å². The molecule has 0 atom stereocenters. The average molecular weight is 485 g/mol. The molecule has 1 aromatic heterocycles. The second-order valence-corrected chi connectivity index (χ2v) is 7.85. The monoisotopic (exact) mass is 485 g/mol. The molecule has 1 aliphatic heterocycles. The molecule has 1 N–H and O–H groups in total. The van der Waals surface area contributed by atoms with Gasteiger partial charge in [0.2, 0.25) is 0 Å². The molecule has 1 aliphatic rings. The van der Waals surface area contributed by atoms with E-state index in [2.05, 4.69) is 10.4 Å². The number of halogens is 4. The van der Waals surface area contributed by atoms with Crippen LogP contribution in [0.3, 0.4) is 0 Å². The Bertz CT molecular complexity index is 1020. The van der Waals surface area contributed by atoms with Gasteiger partial charge in [-0.3, -0.25) is 9.48 Å². The first-order valence-corrected chi connectivity index (χ1v) is 11.2. The van der Waals surface area contributed by atoms with Crippen LogP contribution in [0.15, 0.2) is 18.2 Å². The summed E-state index contributed by atoms with van der Waals surface area (Å²) in [6.45, 7) is 3.89. The number of amides is 1. The van der Waals surface area contributed by atoms with E-state index in [1.165, 1.54) is 0 Å². The Morgan fingerprint density at radius 1 is 1.26 bits per heavy atom. The van der Waals surface area contributed by atoms with Crippen molar-refractivity contribution < 1.29 is 36.6 Å². The molecule has 0 saturated carbocycles. The van der Waals surface area contributed by atoms with Crippen LogP contribution in [-0.2, 0) is 35.0 Å². The van der Waals surface area contributed by atoms with Crippen LogP contribution in [0.5, 0.6) is 0 Å². The average Bonchev–Trinajstić information content (AvgIpc) is 3.12. The highest BCUT2D eigenvalue weighted by Crippen LogP contribution is 2.31. The SMILES string of the molecule is CCc1nn(CCCOC(=O)c2ccc(C(F)(F)F)c(F)c2)c2c1C(=O)NCCCOCCC2. The molecular weight excluding hydrogens is 458 g/mol. The largest absolute Gasteiger partial charge is 0.462 e. The van der Waals surface area contributed by atoms with E-state index in [4.69, 9.17) is 9.47 Å². The van der Waals surface area contributed by atoms with Gasteiger partial charge < -0.3 is 14.8 Å². The van der Waals surface area contributed by atoms with E-state index in [0.717, 1.165) is 24.6 Å². The zero-order valence-corrected chi connectivity index (χ0v) is 18.8. The van der Waals surface area contributed by atoms with Gasteiger partial charge in [0.05, 0.1) is 34.7 Å². The number of alkyl halides is 3. The van der Waals surface area contributed by atoms with Crippen LogP contribution in [0.1, 0.15) is 63.9 Å². The molecule has 0 radical (unpaired) electrons. The number of hydrogen-bond acceptors (Lipinski definition) is 5.